The van der Waals surface area contributed by atoms with Crippen molar-refractivity contribution in [3.05, 3.63) is 72.9 Å². The molecular weight excluding hydrogens is 284 g/mol. The van der Waals surface area contributed by atoms with Crippen molar-refractivity contribution in [3.8, 4) is 0 Å². The molecule has 0 aromatic carbocycles. The van der Waals surface area contributed by atoms with Crippen molar-refractivity contribution in [2.45, 2.75) is 45.4 Å². The highest BCUT2D eigenvalue weighted by Crippen LogP contribution is 1.96. The molecule has 0 aliphatic heterocycles. The monoisotopic (exact) mass is 314 g/mol. The zero-order chi connectivity index (χ0) is 17.0. The van der Waals surface area contributed by atoms with E-state index in [4.69, 9.17) is 0 Å². The number of allylic oxidation sites excluding steroid dienone is 11. The summed E-state index contributed by atoms with van der Waals surface area (Å²) >= 11 is 0. The fraction of sp³-hybridized carbons (Fsp3) is 0.381. The van der Waals surface area contributed by atoms with E-state index in [1.165, 1.54) is 13.2 Å². The second kappa shape index (κ2) is 18.0. The van der Waals surface area contributed by atoms with Crippen LogP contribution in [0.1, 0.15) is 45.4 Å². The Morgan fingerprint density at radius 1 is 0.652 bits per heavy atom. The van der Waals surface area contributed by atoms with Crippen LogP contribution in [-0.2, 0) is 9.53 Å². The van der Waals surface area contributed by atoms with Gasteiger partial charge in [0.1, 0.15) is 0 Å². The number of carbonyl (C=O) groups excluding carboxylic acids is 1. The Morgan fingerprint density at radius 2 is 1.00 bits per heavy atom. The quantitative estimate of drug-likeness (QED) is 0.256. The maximum absolute atomic E-state index is 10.8. The fourth-order valence-corrected chi connectivity index (χ4v) is 1.66. The molecule has 0 atom stereocenters. The van der Waals surface area contributed by atoms with Gasteiger partial charge in [-0.15, -0.1) is 0 Å². The molecule has 0 amide bonds. The van der Waals surface area contributed by atoms with E-state index in [1.54, 1.807) is 6.08 Å². The normalized spacial score (nSPS) is 13.0. The van der Waals surface area contributed by atoms with Crippen LogP contribution in [0.5, 0.6) is 0 Å². The first-order chi connectivity index (χ1) is 11.3. The third-order valence-corrected chi connectivity index (χ3v) is 2.88. The van der Waals surface area contributed by atoms with E-state index in [2.05, 4.69) is 66.3 Å². The van der Waals surface area contributed by atoms with Crippen molar-refractivity contribution in [1.82, 2.24) is 0 Å². The number of hydrogen-bond donors (Lipinski definition) is 0. The molecule has 0 aliphatic rings. The lowest BCUT2D eigenvalue weighted by Crippen LogP contribution is -1.92. The Hall–Kier alpha value is -2.09. The molecule has 0 aliphatic carbocycles. The topological polar surface area (TPSA) is 26.3 Å². The third-order valence-electron chi connectivity index (χ3n) is 2.88. The van der Waals surface area contributed by atoms with E-state index in [0.29, 0.717) is 0 Å². The summed E-state index contributed by atoms with van der Waals surface area (Å²) in [5.41, 5.74) is 0. The number of rotatable bonds is 12. The van der Waals surface area contributed by atoms with Crippen molar-refractivity contribution in [2.24, 2.45) is 0 Å². The van der Waals surface area contributed by atoms with Gasteiger partial charge in [-0.05, 0) is 38.5 Å². The first kappa shape index (κ1) is 20.9. The van der Waals surface area contributed by atoms with Gasteiger partial charge in [-0.2, -0.15) is 0 Å². The maximum atomic E-state index is 10.8. The average molecular weight is 314 g/mol. The minimum atomic E-state index is -0.308. The maximum Gasteiger partial charge on any atom is 0.330 e. The second-order valence-electron chi connectivity index (χ2n) is 4.87. The van der Waals surface area contributed by atoms with E-state index >= 15 is 0 Å². The summed E-state index contributed by atoms with van der Waals surface area (Å²) < 4.78 is 4.50. The van der Waals surface area contributed by atoms with E-state index in [1.807, 2.05) is 6.08 Å². The summed E-state index contributed by atoms with van der Waals surface area (Å²) in [6, 6.07) is 0. The molecule has 0 heterocycles. The molecular formula is C21H30O2. The smallest absolute Gasteiger partial charge is 0.330 e. The predicted octanol–water partition coefficient (Wildman–Crippen LogP) is 5.86. The molecule has 23 heavy (non-hydrogen) atoms. The second-order valence-corrected chi connectivity index (χ2v) is 4.87. The first-order valence-electron chi connectivity index (χ1n) is 8.30. The van der Waals surface area contributed by atoms with Crippen LogP contribution in [0.3, 0.4) is 0 Å². The zero-order valence-electron chi connectivity index (χ0n) is 14.5. The summed E-state index contributed by atoms with van der Waals surface area (Å²) in [6.45, 7) is 2.15. The van der Waals surface area contributed by atoms with Gasteiger partial charge in [-0.25, -0.2) is 4.79 Å². The van der Waals surface area contributed by atoms with E-state index in [9.17, 15) is 4.79 Å². The van der Waals surface area contributed by atoms with Crippen LogP contribution in [0.2, 0.25) is 0 Å². The van der Waals surface area contributed by atoms with Gasteiger partial charge < -0.3 is 4.74 Å². The largest absolute Gasteiger partial charge is 0.466 e. The van der Waals surface area contributed by atoms with Crippen molar-refractivity contribution < 1.29 is 9.53 Å². The highest BCUT2D eigenvalue weighted by Gasteiger charge is 1.86. The molecule has 0 spiro atoms. The molecule has 0 fully saturated rings. The predicted molar refractivity (Wildman–Crippen MR) is 100 cm³/mol. The van der Waals surface area contributed by atoms with Gasteiger partial charge in [0.25, 0.3) is 0 Å². The third kappa shape index (κ3) is 17.9. The lowest BCUT2D eigenvalue weighted by atomic mass is 10.2. The number of methoxy groups -OCH3 is 1. The molecule has 0 saturated heterocycles. The van der Waals surface area contributed by atoms with Crippen LogP contribution in [0.4, 0.5) is 0 Å². The molecule has 0 rings (SSSR count). The molecule has 0 aromatic rings. The van der Waals surface area contributed by atoms with Crippen LogP contribution in [0, 0.1) is 0 Å². The summed E-state index contributed by atoms with van der Waals surface area (Å²) in [5, 5.41) is 0. The number of esters is 1. The average Bonchev–Trinajstić information content (AvgIpc) is 2.57. The Balaban J connectivity index is 3.56. The number of ether oxygens (including phenoxy) is 1. The highest BCUT2D eigenvalue weighted by atomic mass is 16.5. The van der Waals surface area contributed by atoms with Crippen molar-refractivity contribution in [2.75, 3.05) is 7.11 Å². The highest BCUT2D eigenvalue weighted by molar-refractivity contribution is 5.81. The van der Waals surface area contributed by atoms with Gasteiger partial charge in [-0.3, -0.25) is 0 Å². The molecule has 0 unspecified atom stereocenters. The first-order valence-corrected chi connectivity index (χ1v) is 8.30. The van der Waals surface area contributed by atoms with E-state index in [-0.39, 0.29) is 5.97 Å². The Morgan fingerprint density at radius 3 is 1.35 bits per heavy atom. The van der Waals surface area contributed by atoms with Gasteiger partial charge >= 0.3 is 5.97 Å². The molecule has 0 saturated carbocycles. The minimum Gasteiger partial charge on any atom is -0.466 e. The summed E-state index contributed by atoms with van der Waals surface area (Å²) in [7, 11) is 1.38. The SMILES string of the molecule is CC/C=C\C/C=C\C/C=C\C/C=C\C/C=C\C/C=C/C(=O)OC. The van der Waals surface area contributed by atoms with Crippen molar-refractivity contribution in [3.63, 3.8) is 0 Å². The van der Waals surface area contributed by atoms with Crippen LogP contribution in [0.15, 0.2) is 72.9 Å². The van der Waals surface area contributed by atoms with Gasteiger partial charge in [0.05, 0.1) is 7.11 Å². The summed E-state index contributed by atoms with van der Waals surface area (Å²) in [4.78, 5) is 10.8. The number of carbonyl (C=O) groups is 1. The molecule has 2 heteroatoms. The van der Waals surface area contributed by atoms with Crippen LogP contribution in [-0.4, -0.2) is 13.1 Å². The molecule has 126 valence electrons. The Kier molecular flexibility index (Phi) is 16.3. The Labute approximate surface area is 141 Å². The standard InChI is InChI=1S/C21H30O2/c1-3-4-5-6-7-8-9-10-11-12-13-14-15-16-17-18-19-20-21(22)23-2/h4-5,7-8,10-11,13-14,16-17,19-20H,3,6,9,12,15,18H2,1-2H3/b5-4-,8-7-,11-10-,14-13-,17-16-,20-19+. The summed E-state index contributed by atoms with van der Waals surface area (Å²) in [6.07, 6.45) is 30.6. The lowest BCUT2D eigenvalue weighted by Gasteiger charge is -1.87. The van der Waals surface area contributed by atoms with Crippen molar-refractivity contribution in [1.29, 1.82) is 0 Å². The van der Waals surface area contributed by atoms with Gasteiger partial charge in [0, 0.05) is 6.08 Å². The molecule has 0 N–H and O–H groups in total. The van der Waals surface area contributed by atoms with Crippen LogP contribution >= 0.6 is 0 Å². The molecule has 0 radical (unpaired) electrons. The van der Waals surface area contributed by atoms with Gasteiger partial charge in [0.2, 0.25) is 0 Å². The van der Waals surface area contributed by atoms with Crippen LogP contribution < -0.4 is 0 Å². The Bertz CT molecular complexity index is 448. The minimum absolute atomic E-state index is 0.308. The fourth-order valence-electron chi connectivity index (χ4n) is 1.66. The van der Waals surface area contributed by atoms with Crippen molar-refractivity contribution >= 4 is 5.97 Å². The lowest BCUT2D eigenvalue weighted by molar-refractivity contribution is -0.134. The number of hydrogen-bond acceptors (Lipinski definition) is 2. The molecule has 2 nitrogen and oxygen atoms in total. The van der Waals surface area contributed by atoms with Gasteiger partial charge in [0.15, 0.2) is 0 Å². The molecule has 0 bridgehead atoms. The van der Waals surface area contributed by atoms with Crippen LogP contribution in [0.25, 0.3) is 0 Å². The molecule has 0 aromatic heterocycles. The van der Waals surface area contributed by atoms with E-state index < -0.39 is 0 Å². The summed E-state index contributed by atoms with van der Waals surface area (Å²) in [5.74, 6) is -0.308. The van der Waals surface area contributed by atoms with E-state index in [0.717, 1.165) is 38.5 Å². The zero-order valence-corrected chi connectivity index (χ0v) is 14.5. The van der Waals surface area contributed by atoms with Gasteiger partial charge in [-0.1, -0.05) is 73.8 Å².